The maximum atomic E-state index is 12.1. The van der Waals surface area contributed by atoms with Crippen LogP contribution in [0.1, 0.15) is 38.8 Å². The molecule has 0 spiro atoms. The third-order valence-corrected chi connectivity index (χ3v) is 5.31. The van der Waals surface area contributed by atoms with Gasteiger partial charge in [-0.3, -0.25) is 4.79 Å². The summed E-state index contributed by atoms with van der Waals surface area (Å²) < 4.78 is 25.6. The van der Waals surface area contributed by atoms with Gasteiger partial charge >= 0.3 is 0 Å². The van der Waals surface area contributed by atoms with Crippen LogP contribution in [0.25, 0.3) is 0 Å². The topological polar surface area (TPSA) is 101 Å². The molecule has 0 bridgehead atoms. The van der Waals surface area contributed by atoms with E-state index in [9.17, 15) is 13.2 Å². The predicted molar refractivity (Wildman–Crippen MR) is 86.7 cm³/mol. The number of sulfonamides is 1. The molecule has 0 aliphatic heterocycles. The molecule has 6 nitrogen and oxygen atoms in total. The van der Waals surface area contributed by atoms with Crippen molar-refractivity contribution in [1.82, 2.24) is 10.0 Å². The van der Waals surface area contributed by atoms with Gasteiger partial charge in [-0.15, -0.1) is 0 Å². The summed E-state index contributed by atoms with van der Waals surface area (Å²) in [6.45, 7) is 5.76. The monoisotopic (exact) mass is 327 g/mol. The van der Waals surface area contributed by atoms with Crippen LogP contribution in [0.5, 0.6) is 0 Å². The minimum Gasteiger partial charge on any atom is -0.348 e. The molecule has 124 valence electrons. The van der Waals surface area contributed by atoms with Gasteiger partial charge in [-0.2, -0.15) is 0 Å². The summed E-state index contributed by atoms with van der Waals surface area (Å²) in [6.07, 6.45) is 0.833. The van der Waals surface area contributed by atoms with Crippen LogP contribution in [-0.4, -0.2) is 27.4 Å². The van der Waals surface area contributed by atoms with Crippen LogP contribution in [0.15, 0.2) is 29.2 Å². The Kier molecular flexibility index (Phi) is 6.52. The van der Waals surface area contributed by atoms with E-state index in [1.54, 1.807) is 12.1 Å². The molecule has 0 aliphatic rings. The Hall–Kier alpha value is -1.44. The second-order valence-corrected chi connectivity index (χ2v) is 7.30. The highest BCUT2D eigenvalue weighted by atomic mass is 32.2. The first kappa shape index (κ1) is 18.6. The third kappa shape index (κ3) is 4.53. The zero-order chi connectivity index (χ0) is 16.9. The van der Waals surface area contributed by atoms with Gasteiger partial charge < -0.3 is 11.1 Å². The molecule has 3 atom stereocenters. The number of hydrogen-bond acceptors (Lipinski definition) is 4. The van der Waals surface area contributed by atoms with E-state index < -0.39 is 16.1 Å². The Morgan fingerprint density at radius 1 is 1.23 bits per heavy atom. The Bertz CT molecular complexity index is 599. The molecule has 22 heavy (non-hydrogen) atoms. The molecule has 1 amide bonds. The lowest BCUT2D eigenvalue weighted by molar-refractivity contribution is -0.124. The SMILES string of the molecule is CCC(C)C(N)C(=O)NC(C)c1ccc(S(=O)(=O)NC)cc1. The van der Waals surface area contributed by atoms with Crippen LogP contribution in [-0.2, 0) is 14.8 Å². The minimum atomic E-state index is -3.45. The van der Waals surface area contributed by atoms with Gasteiger partial charge in [0.15, 0.2) is 0 Å². The van der Waals surface area contributed by atoms with Crippen LogP contribution in [0.4, 0.5) is 0 Å². The van der Waals surface area contributed by atoms with E-state index in [4.69, 9.17) is 5.73 Å². The Morgan fingerprint density at radius 3 is 2.23 bits per heavy atom. The van der Waals surface area contributed by atoms with E-state index in [2.05, 4.69) is 10.0 Å². The van der Waals surface area contributed by atoms with Crippen LogP contribution in [0.3, 0.4) is 0 Å². The quantitative estimate of drug-likeness (QED) is 0.699. The van der Waals surface area contributed by atoms with Crippen molar-refractivity contribution in [1.29, 1.82) is 0 Å². The van der Waals surface area contributed by atoms with Gasteiger partial charge in [0.1, 0.15) is 0 Å². The number of nitrogens with one attached hydrogen (secondary N) is 2. The van der Waals surface area contributed by atoms with Gasteiger partial charge in [0.05, 0.1) is 17.0 Å². The molecule has 1 rings (SSSR count). The highest BCUT2D eigenvalue weighted by Crippen LogP contribution is 2.16. The highest BCUT2D eigenvalue weighted by Gasteiger charge is 2.21. The molecule has 0 saturated heterocycles. The minimum absolute atomic E-state index is 0.107. The van der Waals surface area contributed by atoms with E-state index in [1.165, 1.54) is 19.2 Å². The second kappa shape index (κ2) is 7.71. The average molecular weight is 327 g/mol. The van der Waals surface area contributed by atoms with Crippen molar-refractivity contribution in [2.45, 2.75) is 44.2 Å². The molecule has 1 aromatic carbocycles. The molecular weight excluding hydrogens is 302 g/mol. The predicted octanol–water partition coefficient (Wildman–Crippen LogP) is 1.15. The summed E-state index contributed by atoms with van der Waals surface area (Å²) in [5.74, 6) is -0.0934. The fourth-order valence-electron chi connectivity index (χ4n) is 1.96. The number of carbonyl (C=O) groups excluding carboxylic acids is 1. The van der Waals surface area contributed by atoms with E-state index in [0.717, 1.165) is 12.0 Å². The molecule has 0 saturated carbocycles. The Labute approximate surface area is 132 Å². The number of hydrogen-bond donors (Lipinski definition) is 3. The fourth-order valence-corrected chi connectivity index (χ4v) is 2.69. The maximum Gasteiger partial charge on any atom is 0.240 e. The van der Waals surface area contributed by atoms with Gasteiger partial charge in [-0.25, -0.2) is 13.1 Å². The maximum absolute atomic E-state index is 12.1. The molecule has 0 heterocycles. The highest BCUT2D eigenvalue weighted by molar-refractivity contribution is 7.89. The van der Waals surface area contributed by atoms with E-state index >= 15 is 0 Å². The smallest absolute Gasteiger partial charge is 0.240 e. The van der Waals surface area contributed by atoms with Crippen molar-refractivity contribution in [2.24, 2.45) is 11.7 Å². The largest absolute Gasteiger partial charge is 0.348 e. The first-order valence-corrected chi connectivity index (χ1v) is 8.80. The van der Waals surface area contributed by atoms with E-state index in [-0.39, 0.29) is 22.8 Å². The Morgan fingerprint density at radius 2 is 1.77 bits per heavy atom. The number of benzene rings is 1. The third-order valence-electron chi connectivity index (χ3n) is 3.88. The summed E-state index contributed by atoms with van der Waals surface area (Å²) in [5.41, 5.74) is 6.72. The summed E-state index contributed by atoms with van der Waals surface area (Å²) in [4.78, 5) is 12.2. The molecule has 0 aromatic heterocycles. The molecule has 3 unspecified atom stereocenters. The standard InChI is InChI=1S/C15H25N3O3S/c1-5-10(2)14(16)15(19)18-11(3)12-6-8-13(9-7-12)22(20,21)17-4/h6-11,14,17H,5,16H2,1-4H3,(H,18,19). The van der Waals surface area contributed by atoms with Gasteiger partial charge in [-0.1, -0.05) is 32.4 Å². The van der Waals surface area contributed by atoms with E-state index in [0.29, 0.717) is 0 Å². The number of nitrogens with two attached hydrogens (primary N) is 1. The number of rotatable bonds is 7. The normalized spacial score (nSPS) is 15.9. The first-order chi connectivity index (χ1) is 10.2. The average Bonchev–Trinajstić information content (AvgIpc) is 2.53. The van der Waals surface area contributed by atoms with Crippen LogP contribution < -0.4 is 15.8 Å². The molecule has 4 N–H and O–H groups in total. The van der Waals surface area contributed by atoms with Crippen molar-refractivity contribution < 1.29 is 13.2 Å². The van der Waals surface area contributed by atoms with Crippen LogP contribution in [0.2, 0.25) is 0 Å². The van der Waals surface area contributed by atoms with Gasteiger partial charge in [0.25, 0.3) is 0 Å². The molecule has 0 aliphatic carbocycles. The molecule has 0 fully saturated rings. The fraction of sp³-hybridized carbons (Fsp3) is 0.533. The zero-order valence-electron chi connectivity index (χ0n) is 13.5. The molecular formula is C15H25N3O3S. The lowest BCUT2D eigenvalue weighted by atomic mass is 9.98. The van der Waals surface area contributed by atoms with Crippen molar-refractivity contribution in [2.75, 3.05) is 7.05 Å². The first-order valence-electron chi connectivity index (χ1n) is 7.32. The summed E-state index contributed by atoms with van der Waals surface area (Å²) in [5, 5.41) is 2.85. The van der Waals surface area contributed by atoms with Gasteiger partial charge in [0, 0.05) is 0 Å². The van der Waals surface area contributed by atoms with Crippen LogP contribution >= 0.6 is 0 Å². The van der Waals surface area contributed by atoms with Gasteiger partial charge in [0.2, 0.25) is 15.9 Å². The van der Waals surface area contributed by atoms with Crippen molar-refractivity contribution in [3.63, 3.8) is 0 Å². The zero-order valence-corrected chi connectivity index (χ0v) is 14.3. The van der Waals surface area contributed by atoms with Crippen molar-refractivity contribution >= 4 is 15.9 Å². The molecule has 0 radical (unpaired) electrons. The lowest BCUT2D eigenvalue weighted by Gasteiger charge is -2.21. The number of amides is 1. The summed E-state index contributed by atoms with van der Waals surface area (Å²) >= 11 is 0. The summed E-state index contributed by atoms with van der Waals surface area (Å²) in [6, 6.07) is 5.61. The van der Waals surface area contributed by atoms with Crippen molar-refractivity contribution in [3.05, 3.63) is 29.8 Å². The summed E-state index contributed by atoms with van der Waals surface area (Å²) in [7, 11) is -2.09. The second-order valence-electron chi connectivity index (χ2n) is 5.42. The molecule has 7 heteroatoms. The van der Waals surface area contributed by atoms with Crippen molar-refractivity contribution in [3.8, 4) is 0 Å². The van der Waals surface area contributed by atoms with E-state index in [1.807, 2.05) is 20.8 Å². The Balaban J connectivity index is 2.79. The van der Waals surface area contributed by atoms with Crippen LogP contribution in [0, 0.1) is 5.92 Å². The lowest BCUT2D eigenvalue weighted by Crippen LogP contribution is -2.45. The van der Waals surface area contributed by atoms with Gasteiger partial charge in [-0.05, 0) is 37.6 Å². The molecule has 1 aromatic rings. The number of carbonyl (C=O) groups is 1.